The largest absolute Gasteiger partial charge is 0.372 e. The van der Waals surface area contributed by atoms with E-state index in [2.05, 4.69) is 24.1 Å². The Bertz CT molecular complexity index is 397. The molecule has 6 heteroatoms. The number of hydrogen-bond donors (Lipinski definition) is 2. The minimum Gasteiger partial charge on any atom is -0.372 e. The molecule has 0 heterocycles. The van der Waals surface area contributed by atoms with Crippen molar-refractivity contribution in [2.45, 2.75) is 32.9 Å². The molecule has 0 aliphatic carbocycles. The predicted octanol–water partition coefficient (Wildman–Crippen LogP) is 2.66. The van der Waals surface area contributed by atoms with Crippen LogP contribution in [0, 0.1) is 0 Å². The molecule has 0 aliphatic heterocycles. The summed E-state index contributed by atoms with van der Waals surface area (Å²) in [5.74, 6) is -0.172. The van der Waals surface area contributed by atoms with Gasteiger partial charge in [0.25, 0.3) is 0 Å². The van der Waals surface area contributed by atoms with Crippen molar-refractivity contribution >= 4 is 42.1 Å². The van der Waals surface area contributed by atoms with E-state index in [1.165, 1.54) is 0 Å². The summed E-state index contributed by atoms with van der Waals surface area (Å²) in [6, 6.07) is 7.65. The van der Waals surface area contributed by atoms with E-state index in [9.17, 15) is 4.79 Å². The molecule has 0 spiro atoms. The Labute approximate surface area is 127 Å². The average molecular weight is 308 g/mol. The lowest BCUT2D eigenvalue weighted by Crippen LogP contribution is -2.32. The Kier molecular flexibility index (Phi) is 9.66. The first-order chi connectivity index (χ1) is 7.91. The van der Waals surface area contributed by atoms with Crippen molar-refractivity contribution in [1.29, 1.82) is 0 Å². The van der Waals surface area contributed by atoms with Crippen molar-refractivity contribution in [3.05, 3.63) is 24.3 Å². The number of benzene rings is 1. The van der Waals surface area contributed by atoms with E-state index in [1.807, 2.05) is 31.3 Å². The molecule has 1 aromatic rings. The molecule has 0 aliphatic rings. The second-order valence-corrected chi connectivity index (χ2v) is 4.53. The van der Waals surface area contributed by atoms with Crippen LogP contribution in [0.2, 0.25) is 0 Å². The smallest absolute Gasteiger partial charge is 0.240 e. The molecule has 0 fully saturated rings. The molecule has 110 valence electrons. The van der Waals surface area contributed by atoms with Crippen molar-refractivity contribution in [3.8, 4) is 0 Å². The molecule has 0 saturated carbocycles. The molecular formula is C13H23Cl2N3O. The van der Waals surface area contributed by atoms with Gasteiger partial charge in [0.2, 0.25) is 5.91 Å². The Morgan fingerprint density at radius 1 is 1.26 bits per heavy atom. The lowest BCUT2D eigenvalue weighted by atomic mass is 10.2. The number of amides is 1. The van der Waals surface area contributed by atoms with E-state index in [1.54, 1.807) is 6.92 Å². The first kappa shape index (κ1) is 20.3. The van der Waals surface area contributed by atoms with Gasteiger partial charge in [-0.05, 0) is 39.0 Å². The van der Waals surface area contributed by atoms with Crippen molar-refractivity contribution < 1.29 is 4.79 Å². The number of nitrogens with zero attached hydrogens (tertiary/aromatic N) is 1. The number of rotatable bonds is 4. The third-order valence-electron chi connectivity index (χ3n) is 2.71. The molecule has 0 aromatic heterocycles. The summed E-state index contributed by atoms with van der Waals surface area (Å²) in [5, 5.41) is 2.78. The van der Waals surface area contributed by atoms with Crippen molar-refractivity contribution in [2.75, 3.05) is 17.3 Å². The summed E-state index contributed by atoms with van der Waals surface area (Å²) in [5.41, 5.74) is 7.35. The molecule has 0 unspecified atom stereocenters. The lowest BCUT2D eigenvalue weighted by Gasteiger charge is -2.24. The zero-order valence-electron chi connectivity index (χ0n) is 11.7. The van der Waals surface area contributed by atoms with E-state index in [-0.39, 0.29) is 30.7 Å². The maximum atomic E-state index is 11.5. The van der Waals surface area contributed by atoms with Gasteiger partial charge in [0.05, 0.1) is 6.04 Å². The third-order valence-corrected chi connectivity index (χ3v) is 2.71. The first-order valence-corrected chi connectivity index (χ1v) is 5.81. The number of hydrogen-bond acceptors (Lipinski definition) is 3. The summed E-state index contributed by atoms with van der Waals surface area (Å²) in [6.45, 7) is 5.90. The van der Waals surface area contributed by atoms with E-state index in [4.69, 9.17) is 5.73 Å². The van der Waals surface area contributed by atoms with Crippen LogP contribution in [-0.4, -0.2) is 25.0 Å². The Hall–Kier alpha value is -0.970. The molecule has 1 aromatic carbocycles. The fourth-order valence-corrected chi connectivity index (χ4v) is 1.36. The first-order valence-electron chi connectivity index (χ1n) is 5.81. The van der Waals surface area contributed by atoms with Crippen LogP contribution < -0.4 is 16.0 Å². The quantitative estimate of drug-likeness (QED) is 0.899. The van der Waals surface area contributed by atoms with E-state index in [0.717, 1.165) is 11.4 Å². The van der Waals surface area contributed by atoms with Gasteiger partial charge >= 0.3 is 0 Å². The molecule has 1 atom stereocenters. The van der Waals surface area contributed by atoms with E-state index < -0.39 is 6.04 Å². The topological polar surface area (TPSA) is 58.4 Å². The van der Waals surface area contributed by atoms with Crippen molar-refractivity contribution in [3.63, 3.8) is 0 Å². The Balaban J connectivity index is 0. The molecule has 0 bridgehead atoms. The number of carbonyl (C=O) groups is 1. The number of halogens is 2. The lowest BCUT2D eigenvalue weighted by molar-refractivity contribution is -0.117. The van der Waals surface area contributed by atoms with Crippen molar-refractivity contribution in [2.24, 2.45) is 5.73 Å². The van der Waals surface area contributed by atoms with Gasteiger partial charge in [-0.1, -0.05) is 6.07 Å². The highest BCUT2D eigenvalue weighted by atomic mass is 35.5. The second-order valence-electron chi connectivity index (χ2n) is 4.53. The SMILES string of the molecule is CC(C)N(C)c1cccc(NC(=O)[C@@H](C)N)c1.Cl.Cl. The molecule has 0 radical (unpaired) electrons. The standard InChI is InChI=1S/C13H21N3O.2ClH/c1-9(2)16(4)12-7-5-6-11(8-12)15-13(17)10(3)14;;/h5-10H,14H2,1-4H3,(H,15,17);2*1H/t10-;;/m1../s1. The normalized spacial score (nSPS) is 11.1. The van der Waals surface area contributed by atoms with Gasteiger partial charge in [-0.3, -0.25) is 4.79 Å². The van der Waals surface area contributed by atoms with Crippen LogP contribution in [0.4, 0.5) is 11.4 Å². The van der Waals surface area contributed by atoms with Gasteiger partial charge in [0.1, 0.15) is 0 Å². The van der Waals surface area contributed by atoms with E-state index >= 15 is 0 Å². The highest BCUT2D eigenvalue weighted by Crippen LogP contribution is 2.20. The molecule has 3 N–H and O–H groups in total. The zero-order chi connectivity index (χ0) is 13.0. The maximum Gasteiger partial charge on any atom is 0.240 e. The summed E-state index contributed by atoms with van der Waals surface area (Å²) in [7, 11) is 2.02. The van der Waals surface area contributed by atoms with Crippen LogP contribution in [0.3, 0.4) is 0 Å². The fourth-order valence-electron chi connectivity index (χ4n) is 1.36. The summed E-state index contributed by atoms with van der Waals surface area (Å²) in [6.07, 6.45) is 0. The summed E-state index contributed by atoms with van der Waals surface area (Å²) < 4.78 is 0. The van der Waals surface area contributed by atoms with Gasteiger partial charge in [0, 0.05) is 24.5 Å². The van der Waals surface area contributed by atoms with Gasteiger partial charge < -0.3 is 16.0 Å². The Morgan fingerprint density at radius 3 is 2.32 bits per heavy atom. The van der Waals surface area contributed by atoms with Crippen LogP contribution in [0.5, 0.6) is 0 Å². The number of nitrogens with two attached hydrogens (primary N) is 1. The molecular weight excluding hydrogens is 285 g/mol. The Morgan fingerprint density at radius 2 is 1.84 bits per heavy atom. The van der Waals surface area contributed by atoms with Crippen LogP contribution in [0.25, 0.3) is 0 Å². The van der Waals surface area contributed by atoms with E-state index in [0.29, 0.717) is 6.04 Å². The van der Waals surface area contributed by atoms with Gasteiger partial charge in [-0.25, -0.2) is 0 Å². The highest BCUT2D eigenvalue weighted by molar-refractivity contribution is 5.94. The molecule has 0 saturated heterocycles. The number of anilines is 2. The fraction of sp³-hybridized carbons (Fsp3) is 0.462. The van der Waals surface area contributed by atoms with Crippen LogP contribution >= 0.6 is 24.8 Å². The molecule has 1 rings (SSSR count). The molecule has 1 amide bonds. The van der Waals surface area contributed by atoms with Gasteiger partial charge in [0.15, 0.2) is 0 Å². The number of carbonyl (C=O) groups excluding carboxylic acids is 1. The minimum atomic E-state index is -0.499. The molecule has 4 nitrogen and oxygen atoms in total. The highest BCUT2D eigenvalue weighted by Gasteiger charge is 2.09. The van der Waals surface area contributed by atoms with Crippen molar-refractivity contribution in [1.82, 2.24) is 0 Å². The number of nitrogens with one attached hydrogen (secondary N) is 1. The maximum absolute atomic E-state index is 11.5. The monoisotopic (exact) mass is 307 g/mol. The zero-order valence-corrected chi connectivity index (χ0v) is 13.3. The summed E-state index contributed by atoms with van der Waals surface area (Å²) >= 11 is 0. The minimum absolute atomic E-state index is 0. The third kappa shape index (κ3) is 6.14. The second kappa shape index (κ2) is 9.02. The van der Waals surface area contributed by atoms with Gasteiger partial charge in [-0.15, -0.1) is 24.8 Å². The van der Waals surface area contributed by atoms with Crippen LogP contribution in [0.15, 0.2) is 24.3 Å². The average Bonchev–Trinajstić information content (AvgIpc) is 2.28. The predicted molar refractivity (Wildman–Crippen MR) is 86.8 cm³/mol. The van der Waals surface area contributed by atoms with Crippen LogP contribution in [-0.2, 0) is 4.79 Å². The molecule has 19 heavy (non-hydrogen) atoms. The summed E-state index contributed by atoms with van der Waals surface area (Å²) in [4.78, 5) is 13.6. The van der Waals surface area contributed by atoms with Crippen LogP contribution in [0.1, 0.15) is 20.8 Å². The van der Waals surface area contributed by atoms with Gasteiger partial charge in [-0.2, -0.15) is 0 Å².